The first-order valence-corrected chi connectivity index (χ1v) is 8.15. The Bertz CT molecular complexity index is 601. The predicted molar refractivity (Wildman–Crippen MR) is 89.6 cm³/mol. The van der Waals surface area contributed by atoms with E-state index in [0.717, 1.165) is 11.3 Å². The molecule has 0 aliphatic carbocycles. The second-order valence-electron chi connectivity index (χ2n) is 4.89. The summed E-state index contributed by atoms with van der Waals surface area (Å²) in [5.41, 5.74) is 2.16. The third-order valence-corrected chi connectivity index (χ3v) is 4.78. The summed E-state index contributed by atoms with van der Waals surface area (Å²) >= 11 is 7.68. The number of halogens is 1. The van der Waals surface area contributed by atoms with Crippen LogP contribution in [0.4, 0.5) is 0 Å². The van der Waals surface area contributed by atoms with Crippen LogP contribution in [0.15, 0.2) is 47.4 Å². The smallest absolute Gasteiger partial charge is 0.122 e. The van der Waals surface area contributed by atoms with Crippen LogP contribution in [0.3, 0.4) is 0 Å². The van der Waals surface area contributed by atoms with Crippen LogP contribution >= 0.6 is 23.4 Å². The van der Waals surface area contributed by atoms with Gasteiger partial charge in [-0.2, -0.15) is 0 Å². The third-order valence-electron chi connectivity index (χ3n) is 3.22. The zero-order valence-corrected chi connectivity index (χ0v) is 13.7. The van der Waals surface area contributed by atoms with E-state index in [2.05, 4.69) is 19.1 Å². The van der Waals surface area contributed by atoms with Gasteiger partial charge >= 0.3 is 0 Å². The van der Waals surface area contributed by atoms with Crippen molar-refractivity contribution in [2.75, 3.05) is 12.9 Å². The second kappa shape index (κ2) is 7.74. The molecule has 2 rings (SSSR count). The lowest BCUT2D eigenvalue weighted by Crippen LogP contribution is -2.14. The highest BCUT2D eigenvalue weighted by molar-refractivity contribution is 7.99. The van der Waals surface area contributed by atoms with E-state index in [1.165, 1.54) is 10.5 Å². The van der Waals surface area contributed by atoms with E-state index in [1.807, 2.05) is 24.3 Å². The van der Waals surface area contributed by atoms with Crippen molar-refractivity contribution in [2.24, 2.45) is 0 Å². The molecule has 0 aromatic heterocycles. The minimum atomic E-state index is -0.443. The summed E-state index contributed by atoms with van der Waals surface area (Å²) in [7, 11) is 1.63. The van der Waals surface area contributed by atoms with Gasteiger partial charge in [-0.25, -0.2) is 0 Å². The van der Waals surface area contributed by atoms with Crippen LogP contribution in [0, 0.1) is 6.92 Å². The Hall–Kier alpha value is -1.16. The maximum atomic E-state index is 10.2. The van der Waals surface area contributed by atoms with Crippen molar-refractivity contribution in [3.63, 3.8) is 0 Å². The van der Waals surface area contributed by atoms with Crippen LogP contribution in [0.5, 0.6) is 5.75 Å². The first-order chi connectivity index (χ1) is 10.1. The maximum absolute atomic E-state index is 10.2. The quantitative estimate of drug-likeness (QED) is 0.802. The zero-order chi connectivity index (χ0) is 15.2. The summed E-state index contributed by atoms with van der Waals surface area (Å²) in [6.07, 6.45) is 0.0878. The number of aliphatic hydroxyl groups excluding tert-OH is 1. The fourth-order valence-corrected chi connectivity index (χ4v) is 3.28. The molecule has 1 N–H and O–H groups in total. The molecule has 0 spiro atoms. The molecule has 1 unspecified atom stereocenters. The average Bonchev–Trinajstić information content (AvgIpc) is 2.47. The Morgan fingerprint density at radius 1 is 1.24 bits per heavy atom. The molecule has 0 bridgehead atoms. The predicted octanol–water partition coefficient (Wildman–Crippen LogP) is 4.35. The van der Waals surface area contributed by atoms with Gasteiger partial charge in [-0.3, -0.25) is 0 Å². The van der Waals surface area contributed by atoms with E-state index in [1.54, 1.807) is 24.9 Å². The van der Waals surface area contributed by atoms with Crippen molar-refractivity contribution in [3.05, 3.63) is 58.6 Å². The van der Waals surface area contributed by atoms with Crippen LogP contribution in [0.2, 0.25) is 5.02 Å². The molecule has 0 saturated carbocycles. The number of hydrogen-bond acceptors (Lipinski definition) is 3. The molecule has 21 heavy (non-hydrogen) atoms. The molecule has 1 atom stereocenters. The van der Waals surface area contributed by atoms with Crippen LogP contribution in [0.25, 0.3) is 0 Å². The van der Waals surface area contributed by atoms with Gasteiger partial charge in [0.2, 0.25) is 0 Å². The molecule has 0 amide bonds. The van der Waals surface area contributed by atoms with Gasteiger partial charge < -0.3 is 9.84 Å². The highest BCUT2D eigenvalue weighted by Crippen LogP contribution is 2.27. The first-order valence-electron chi connectivity index (χ1n) is 6.79. The summed E-state index contributed by atoms with van der Waals surface area (Å²) in [6.45, 7) is 2.08. The zero-order valence-electron chi connectivity index (χ0n) is 12.2. The van der Waals surface area contributed by atoms with E-state index < -0.39 is 6.10 Å². The molecule has 0 radical (unpaired) electrons. The monoisotopic (exact) mass is 322 g/mol. The largest absolute Gasteiger partial charge is 0.496 e. The minimum Gasteiger partial charge on any atom is -0.496 e. The molecular weight excluding hydrogens is 304 g/mol. The molecule has 0 aliphatic rings. The summed E-state index contributed by atoms with van der Waals surface area (Å²) < 4.78 is 5.31. The summed E-state index contributed by atoms with van der Waals surface area (Å²) in [4.78, 5) is 1.20. The number of methoxy groups -OCH3 is 1. The lowest BCUT2D eigenvalue weighted by Gasteiger charge is -2.14. The summed E-state index contributed by atoms with van der Waals surface area (Å²) in [5, 5.41) is 10.9. The van der Waals surface area contributed by atoms with E-state index in [9.17, 15) is 5.11 Å². The van der Waals surface area contributed by atoms with Crippen molar-refractivity contribution >= 4 is 23.4 Å². The van der Waals surface area contributed by atoms with E-state index in [-0.39, 0.29) is 0 Å². The van der Waals surface area contributed by atoms with Crippen molar-refractivity contribution in [1.82, 2.24) is 0 Å². The van der Waals surface area contributed by atoms with Gasteiger partial charge in [-0.15, -0.1) is 11.8 Å². The number of rotatable bonds is 6. The fraction of sp³-hybridized carbons (Fsp3) is 0.294. The van der Waals surface area contributed by atoms with Crippen molar-refractivity contribution in [3.8, 4) is 5.75 Å². The van der Waals surface area contributed by atoms with Gasteiger partial charge in [-0.1, -0.05) is 29.8 Å². The standard InChI is InChI=1S/C17H19ClO2S/c1-12-5-3-4-6-17(12)21-11-15(19)10-13-9-14(18)7-8-16(13)20-2/h3-9,15,19H,10-11H2,1-2H3. The Kier molecular flexibility index (Phi) is 5.97. The number of aryl methyl sites for hydroxylation is 1. The summed E-state index contributed by atoms with van der Waals surface area (Å²) in [6, 6.07) is 13.7. The number of aliphatic hydroxyl groups is 1. The SMILES string of the molecule is COc1ccc(Cl)cc1CC(O)CSc1ccccc1C. The second-order valence-corrected chi connectivity index (χ2v) is 6.39. The lowest BCUT2D eigenvalue weighted by atomic mass is 10.1. The van der Waals surface area contributed by atoms with Crippen LogP contribution in [-0.4, -0.2) is 24.1 Å². The molecule has 2 aromatic carbocycles. The molecule has 4 heteroatoms. The van der Waals surface area contributed by atoms with Gasteiger partial charge in [0.15, 0.2) is 0 Å². The van der Waals surface area contributed by atoms with Crippen molar-refractivity contribution in [2.45, 2.75) is 24.3 Å². The van der Waals surface area contributed by atoms with Gasteiger partial charge in [0.05, 0.1) is 13.2 Å². The summed E-state index contributed by atoms with van der Waals surface area (Å²) in [5.74, 6) is 1.40. The average molecular weight is 323 g/mol. The number of thioether (sulfide) groups is 1. The number of benzene rings is 2. The lowest BCUT2D eigenvalue weighted by molar-refractivity contribution is 0.199. The van der Waals surface area contributed by atoms with Crippen molar-refractivity contribution in [1.29, 1.82) is 0 Å². The Balaban J connectivity index is 1.97. The Morgan fingerprint density at radius 3 is 2.71 bits per heavy atom. The number of ether oxygens (including phenoxy) is 1. The van der Waals surface area contributed by atoms with Crippen LogP contribution in [0.1, 0.15) is 11.1 Å². The highest BCUT2D eigenvalue weighted by Gasteiger charge is 2.11. The van der Waals surface area contributed by atoms with Gasteiger partial charge in [0.25, 0.3) is 0 Å². The minimum absolute atomic E-state index is 0.443. The maximum Gasteiger partial charge on any atom is 0.122 e. The molecule has 0 aliphatic heterocycles. The molecular formula is C17H19ClO2S. The van der Waals surface area contributed by atoms with Crippen LogP contribution < -0.4 is 4.74 Å². The normalized spacial score (nSPS) is 12.2. The first kappa shape index (κ1) is 16.2. The van der Waals surface area contributed by atoms with E-state index in [0.29, 0.717) is 17.2 Å². The fourth-order valence-electron chi connectivity index (χ4n) is 2.12. The van der Waals surface area contributed by atoms with E-state index >= 15 is 0 Å². The van der Waals surface area contributed by atoms with Gasteiger partial charge in [0.1, 0.15) is 5.75 Å². The topological polar surface area (TPSA) is 29.5 Å². The molecule has 0 heterocycles. The van der Waals surface area contributed by atoms with E-state index in [4.69, 9.17) is 16.3 Å². The molecule has 0 fully saturated rings. The van der Waals surface area contributed by atoms with Crippen LogP contribution in [-0.2, 0) is 6.42 Å². The number of hydrogen-bond donors (Lipinski definition) is 1. The molecule has 112 valence electrons. The Morgan fingerprint density at radius 2 is 2.00 bits per heavy atom. The van der Waals surface area contributed by atoms with Crippen molar-refractivity contribution < 1.29 is 9.84 Å². The molecule has 2 nitrogen and oxygen atoms in total. The van der Waals surface area contributed by atoms with Gasteiger partial charge in [-0.05, 0) is 42.3 Å². The highest BCUT2D eigenvalue weighted by atomic mass is 35.5. The third kappa shape index (κ3) is 4.67. The molecule has 2 aromatic rings. The van der Waals surface area contributed by atoms with Gasteiger partial charge in [0, 0.05) is 22.1 Å². The molecule has 0 saturated heterocycles. The Labute approximate surface area is 135 Å².